The summed E-state index contributed by atoms with van der Waals surface area (Å²) in [6, 6.07) is 14.0. The molecule has 10 heteroatoms. The summed E-state index contributed by atoms with van der Waals surface area (Å²) in [5.74, 6) is -0.112. The van der Waals surface area contributed by atoms with Crippen LogP contribution in [0.3, 0.4) is 0 Å². The number of carbonyl (C=O) groups is 3. The van der Waals surface area contributed by atoms with E-state index in [1.54, 1.807) is 58.3 Å². The predicted octanol–water partition coefficient (Wildman–Crippen LogP) is 2.96. The van der Waals surface area contributed by atoms with E-state index in [4.69, 9.17) is 16.3 Å². The Morgan fingerprint density at radius 1 is 1.14 bits per heavy atom. The van der Waals surface area contributed by atoms with Crippen molar-refractivity contribution in [3.05, 3.63) is 65.4 Å². The van der Waals surface area contributed by atoms with E-state index >= 15 is 0 Å². The summed E-state index contributed by atoms with van der Waals surface area (Å²) in [6.45, 7) is 0.177. The maximum absolute atomic E-state index is 13.6. The number of nitrogens with zero attached hydrogens (tertiary/aromatic N) is 5. The van der Waals surface area contributed by atoms with Gasteiger partial charge in [0.05, 0.1) is 24.0 Å². The maximum atomic E-state index is 13.6. The summed E-state index contributed by atoms with van der Waals surface area (Å²) in [6.07, 6.45) is 1.94. The van der Waals surface area contributed by atoms with E-state index in [0.717, 1.165) is 4.90 Å². The van der Waals surface area contributed by atoms with E-state index in [2.05, 4.69) is 4.98 Å². The lowest BCUT2D eigenvalue weighted by atomic mass is 10.1. The molecular weight excluding hydrogens is 470 g/mol. The van der Waals surface area contributed by atoms with Crippen LogP contribution in [0, 0.1) is 11.3 Å². The molecule has 1 aromatic heterocycles. The molecule has 0 N–H and O–H groups in total. The SMILES string of the molecule is N#Cc1ncc(N2C(=O)[C@H]3C4CC(CN4C(=O)COc4ccc(Cl)cc4)N3C2=O)c2ccccc12. The number of imide groups is 1. The molecule has 0 aliphatic carbocycles. The first-order valence-electron chi connectivity index (χ1n) is 11.1. The minimum Gasteiger partial charge on any atom is -0.484 e. The van der Waals surface area contributed by atoms with Gasteiger partial charge in [-0.15, -0.1) is 0 Å². The minimum atomic E-state index is -0.755. The second-order valence-electron chi connectivity index (χ2n) is 8.70. The largest absolute Gasteiger partial charge is 0.484 e. The summed E-state index contributed by atoms with van der Waals surface area (Å²) in [7, 11) is 0. The quantitative estimate of drug-likeness (QED) is 0.524. The fourth-order valence-electron chi connectivity index (χ4n) is 5.37. The monoisotopic (exact) mass is 487 g/mol. The highest BCUT2D eigenvalue weighted by atomic mass is 35.5. The zero-order valence-electron chi connectivity index (χ0n) is 18.3. The Balaban J connectivity index is 1.25. The Bertz CT molecular complexity index is 1440. The highest BCUT2D eigenvalue weighted by Gasteiger charge is 2.63. The number of hydrogen-bond donors (Lipinski definition) is 0. The number of benzene rings is 2. The van der Waals surface area contributed by atoms with Gasteiger partial charge in [0.25, 0.3) is 11.8 Å². The van der Waals surface area contributed by atoms with E-state index in [-0.39, 0.29) is 24.2 Å². The van der Waals surface area contributed by atoms with Crippen LogP contribution >= 0.6 is 11.6 Å². The lowest BCUT2D eigenvalue weighted by molar-refractivity contribution is -0.137. The number of amides is 4. The summed E-state index contributed by atoms with van der Waals surface area (Å²) in [5, 5.41) is 11.1. The van der Waals surface area contributed by atoms with Crippen molar-refractivity contribution < 1.29 is 19.1 Å². The first-order chi connectivity index (χ1) is 17.0. The van der Waals surface area contributed by atoms with E-state index in [9.17, 15) is 19.6 Å². The fourth-order valence-corrected chi connectivity index (χ4v) is 5.50. The molecule has 2 unspecified atom stereocenters. The van der Waals surface area contributed by atoms with Gasteiger partial charge in [0.2, 0.25) is 0 Å². The van der Waals surface area contributed by atoms with Crippen molar-refractivity contribution in [1.82, 2.24) is 14.8 Å². The molecule has 2 aromatic carbocycles. The van der Waals surface area contributed by atoms with Crippen LogP contribution in [0.1, 0.15) is 12.1 Å². The number of piperazine rings is 1. The average Bonchev–Trinajstić information content (AvgIpc) is 3.54. The molecule has 0 radical (unpaired) electrons. The number of halogens is 1. The minimum absolute atomic E-state index is 0.173. The van der Waals surface area contributed by atoms with Gasteiger partial charge in [-0.1, -0.05) is 35.9 Å². The molecule has 35 heavy (non-hydrogen) atoms. The number of likely N-dealkylation sites (tertiary alicyclic amines) is 1. The zero-order chi connectivity index (χ0) is 24.3. The van der Waals surface area contributed by atoms with E-state index in [1.807, 2.05) is 6.07 Å². The summed E-state index contributed by atoms with van der Waals surface area (Å²) >= 11 is 5.88. The molecule has 3 saturated heterocycles. The Labute approximate surface area is 205 Å². The van der Waals surface area contributed by atoms with Crippen LogP contribution in [0.15, 0.2) is 54.7 Å². The van der Waals surface area contributed by atoms with Crippen LogP contribution in [0.5, 0.6) is 5.75 Å². The molecule has 3 atom stereocenters. The van der Waals surface area contributed by atoms with E-state index < -0.39 is 24.0 Å². The number of carbonyl (C=O) groups excluding carboxylic acids is 3. The predicted molar refractivity (Wildman–Crippen MR) is 126 cm³/mol. The van der Waals surface area contributed by atoms with E-state index in [1.165, 1.54) is 6.20 Å². The Hall–Kier alpha value is -4.16. The number of pyridine rings is 1. The smallest absolute Gasteiger partial charge is 0.332 e. The molecule has 0 spiro atoms. The van der Waals surface area contributed by atoms with Crippen LogP contribution in [0.25, 0.3) is 10.8 Å². The van der Waals surface area contributed by atoms with Crippen molar-refractivity contribution in [3.8, 4) is 11.8 Å². The number of anilines is 1. The molecule has 3 aliphatic rings. The topological polar surface area (TPSA) is 107 Å². The van der Waals surface area contributed by atoms with Crippen molar-refractivity contribution in [2.24, 2.45) is 0 Å². The Kier molecular flexibility index (Phi) is 4.86. The fraction of sp³-hybridized carbons (Fsp3) is 0.240. The van der Waals surface area contributed by atoms with Crippen molar-refractivity contribution in [1.29, 1.82) is 5.26 Å². The average molecular weight is 488 g/mol. The number of rotatable bonds is 4. The highest BCUT2D eigenvalue weighted by molar-refractivity contribution is 6.30. The Morgan fingerprint density at radius 2 is 1.89 bits per heavy atom. The van der Waals surface area contributed by atoms with Crippen LogP contribution in [0.2, 0.25) is 5.02 Å². The molecular formula is C25H18ClN5O4. The second-order valence-corrected chi connectivity index (χ2v) is 9.14. The van der Waals surface area contributed by atoms with Crippen LogP contribution in [0.4, 0.5) is 10.5 Å². The second kappa shape index (κ2) is 7.96. The first kappa shape index (κ1) is 21.4. The number of urea groups is 1. The van der Waals surface area contributed by atoms with Gasteiger partial charge < -0.3 is 14.5 Å². The van der Waals surface area contributed by atoms with Crippen LogP contribution in [-0.4, -0.2) is 63.9 Å². The normalized spacial score (nSPS) is 22.6. The first-order valence-corrected chi connectivity index (χ1v) is 11.5. The number of aromatic nitrogens is 1. The van der Waals surface area contributed by atoms with Crippen molar-refractivity contribution in [3.63, 3.8) is 0 Å². The molecule has 2 bridgehead atoms. The number of fused-ring (bicyclic) bond motifs is 6. The van der Waals surface area contributed by atoms with Gasteiger partial charge in [0.15, 0.2) is 6.61 Å². The third-order valence-corrected chi connectivity index (χ3v) is 7.13. The third-order valence-electron chi connectivity index (χ3n) is 6.88. The van der Waals surface area contributed by atoms with Crippen molar-refractivity contribution in [2.45, 2.75) is 24.5 Å². The van der Waals surface area contributed by atoms with Crippen molar-refractivity contribution >= 4 is 45.9 Å². The molecule has 4 amide bonds. The summed E-state index contributed by atoms with van der Waals surface area (Å²) < 4.78 is 5.60. The number of nitriles is 1. The molecule has 3 fully saturated rings. The summed E-state index contributed by atoms with van der Waals surface area (Å²) in [5.41, 5.74) is 0.564. The molecule has 174 valence electrons. The van der Waals surface area contributed by atoms with Gasteiger partial charge >= 0.3 is 6.03 Å². The standard InChI is InChI=1S/C25H18ClN5O4/c26-14-5-7-16(8-6-14)35-13-22(32)29-12-15-9-20(29)23-24(33)31(25(34)30(15)23)21-11-28-19(10-27)17-3-1-2-4-18(17)21/h1-8,11,15,20,23H,9,12-13H2/t15?,20?,23-/m1/s1. The molecule has 6 rings (SSSR count). The molecule has 3 aliphatic heterocycles. The Morgan fingerprint density at radius 3 is 2.63 bits per heavy atom. The van der Waals surface area contributed by atoms with Gasteiger partial charge in [-0.05, 0) is 30.7 Å². The van der Waals surface area contributed by atoms with Gasteiger partial charge in [0, 0.05) is 22.3 Å². The highest BCUT2D eigenvalue weighted by Crippen LogP contribution is 2.43. The van der Waals surface area contributed by atoms with Crippen LogP contribution in [-0.2, 0) is 9.59 Å². The van der Waals surface area contributed by atoms with Gasteiger partial charge in [-0.3, -0.25) is 9.59 Å². The van der Waals surface area contributed by atoms with E-state index in [0.29, 0.717) is 40.2 Å². The molecule has 9 nitrogen and oxygen atoms in total. The summed E-state index contributed by atoms with van der Waals surface area (Å²) in [4.78, 5) is 48.5. The third kappa shape index (κ3) is 3.21. The molecule has 3 aromatic rings. The maximum Gasteiger partial charge on any atom is 0.332 e. The van der Waals surface area contributed by atoms with Crippen LogP contribution < -0.4 is 9.64 Å². The molecule has 0 saturated carbocycles. The zero-order valence-corrected chi connectivity index (χ0v) is 19.1. The van der Waals surface area contributed by atoms with Crippen molar-refractivity contribution in [2.75, 3.05) is 18.1 Å². The van der Waals surface area contributed by atoms with Gasteiger partial charge in [0.1, 0.15) is 23.6 Å². The number of ether oxygens (including phenoxy) is 1. The van der Waals surface area contributed by atoms with Gasteiger partial charge in [-0.2, -0.15) is 5.26 Å². The number of hydrogen-bond acceptors (Lipinski definition) is 6. The lowest BCUT2D eigenvalue weighted by Gasteiger charge is -2.34. The van der Waals surface area contributed by atoms with Gasteiger partial charge in [-0.25, -0.2) is 14.7 Å². The molecule has 4 heterocycles. The lowest BCUT2D eigenvalue weighted by Crippen LogP contribution is -2.55.